The van der Waals surface area contributed by atoms with Crippen LogP contribution >= 0.6 is 0 Å². The lowest BCUT2D eigenvalue weighted by Gasteiger charge is -2.20. The van der Waals surface area contributed by atoms with E-state index in [9.17, 15) is 9.59 Å². The van der Waals surface area contributed by atoms with Crippen molar-refractivity contribution < 1.29 is 14.3 Å². The van der Waals surface area contributed by atoms with E-state index in [2.05, 4.69) is 16.4 Å². The van der Waals surface area contributed by atoms with Crippen LogP contribution in [0.3, 0.4) is 0 Å². The molecule has 1 heterocycles. The van der Waals surface area contributed by atoms with E-state index in [0.717, 1.165) is 22.2 Å². The molecule has 5 nitrogen and oxygen atoms in total. The number of carbonyl (C=O) groups excluding carboxylic acids is 2. The van der Waals surface area contributed by atoms with Gasteiger partial charge in [0.25, 0.3) is 0 Å². The summed E-state index contributed by atoms with van der Waals surface area (Å²) < 4.78 is 5.30. The van der Waals surface area contributed by atoms with Crippen molar-refractivity contribution in [2.24, 2.45) is 5.92 Å². The molecule has 1 fully saturated rings. The molecule has 0 saturated heterocycles. The Labute approximate surface area is 167 Å². The van der Waals surface area contributed by atoms with Crippen molar-refractivity contribution in [2.75, 3.05) is 6.54 Å². The number of hydrogen-bond donors (Lipinski definition) is 2. The molecular formula is C23H32N2O3. The van der Waals surface area contributed by atoms with E-state index in [1.165, 1.54) is 32.1 Å². The number of nitrogens with one attached hydrogen (secondary N) is 2. The van der Waals surface area contributed by atoms with Crippen LogP contribution in [0.15, 0.2) is 24.3 Å². The zero-order valence-corrected chi connectivity index (χ0v) is 17.1. The lowest BCUT2D eigenvalue weighted by Crippen LogP contribution is -2.28. The number of fused-ring (bicyclic) bond motifs is 1. The summed E-state index contributed by atoms with van der Waals surface area (Å²) in [6.45, 7) is 4.29. The van der Waals surface area contributed by atoms with Crippen LogP contribution in [-0.2, 0) is 27.2 Å². The molecule has 1 aromatic heterocycles. The lowest BCUT2D eigenvalue weighted by atomic mass is 9.87. The maximum Gasteiger partial charge on any atom is 0.312 e. The van der Waals surface area contributed by atoms with Gasteiger partial charge in [0.1, 0.15) is 0 Å². The fourth-order valence-corrected chi connectivity index (χ4v) is 4.19. The van der Waals surface area contributed by atoms with Gasteiger partial charge < -0.3 is 15.0 Å². The Morgan fingerprint density at radius 1 is 1.18 bits per heavy atom. The molecule has 1 aliphatic carbocycles. The van der Waals surface area contributed by atoms with Crippen LogP contribution < -0.4 is 5.32 Å². The Kier molecular flexibility index (Phi) is 7.12. The highest BCUT2D eigenvalue weighted by Crippen LogP contribution is 2.26. The number of benzene rings is 1. The van der Waals surface area contributed by atoms with Gasteiger partial charge in [-0.15, -0.1) is 0 Å². The smallest absolute Gasteiger partial charge is 0.312 e. The average Bonchev–Trinajstić information content (AvgIpc) is 2.99. The normalized spacial score (nSPS) is 15.1. The molecule has 152 valence electrons. The maximum atomic E-state index is 12.3. The molecule has 5 heteroatoms. The molecule has 0 radical (unpaired) electrons. The number of aromatic nitrogens is 1. The lowest BCUT2D eigenvalue weighted by molar-refractivity contribution is -0.146. The number of H-pyrrole nitrogens is 1. The second kappa shape index (κ2) is 9.76. The van der Waals surface area contributed by atoms with E-state index in [4.69, 9.17) is 4.74 Å². The van der Waals surface area contributed by atoms with Gasteiger partial charge in [-0.25, -0.2) is 0 Å². The van der Waals surface area contributed by atoms with Crippen LogP contribution in [-0.4, -0.2) is 29.5 Å². The first-order valence-electron chi connectivity index (χ1n) is 10.6. The van der Waals surface area contributed by atoms with Gasteiger partial charge in [0.2, 0.25) is 5.91 Å². The molecule has 1 saturated carbocycles. The fraction of sp³-hybridized carbons (Fsp3) is 0.565. The third-order valence-electron chi connectivity index (χ3n) is 5.49. The van der Waals surface area contributed by atoms with E-state index in [0.29, 0.717) is 25.3 Å². The van der Waals surface area contributed by atoms with E-state index in [1.54, 1.807) is 0 Å². The molecule has 0 bridgehead atoms. The molecule has 1 aromatic carbocycles. The van der Waals surface area contributed by atoms with E-state index in [1.807, 2.05) is 32.0 Å². The number of hydrogen-bond acceptors (Lipinski definition) is 3. The first-order chi connectivity index (χ1) is 13.5. The third kappa shape index (κ3) is 5.60. The molecule has 0 atom stereocenters. The highest BCUT2D eigenvalue weighted by atomic mass is 16.5. The monoisotopic (exact) mass is 384 g/mol. The van der Waals surface area contributed by atoms with Crippen LogP contribution in [0.1, 0.15) is 63.6 Å². The molecule has 1 amide bonds. The van der Waals surface area contributed by atoms with E-state index < -0.39 is 0 Å². The number of ether oxygens (including phenoxy) is 1. The number of para-hydroxylation sites is 1. The quantitative estimate of drug-likeness (QED) is 0.667. The summed E-state index contributed by atoms with van der Waals surface area (Å²) in [5.74, 6) is 0.458. The molecular weight excluding hydrogens is 352 g/mol. The van der Waals surface area contributed by atoms with Gasteiger partial charge in [0, 0.05) is 29.6 Å². The van der Waals surface area contributed by atoms with Gasteiger partial charge in [-0.1, -0.05) is 37.5 Å². The van der Waals surface area contributed by atoms with E-state index >= 15 is 0 Å². The number of esters is 1. The maximum absolute atomic E-state index is 12.3. The number of aromatic amines is 1. The summed E-state index contributed by atoms with van der Waals surface area (Å²) in [5.41, 5.74) is 2.99. The van der Waals surface area contributed by atoms with Crippen molar-refractivity contribution in [1.29, 1.82) is 0 Å². The summed E-state index contributed by atoms with van der Waals surface area (Å²) >= 11 is 0. The predicted molar refractivity (Wildman–Crippen MR) is 111 cm³/mol. The Bertz CT molecular complexity index is 803. The molecule has 28 heavy (non-hydrogen) atoms. The van der Waals surface area contributed by atoms with Crippen LogP contribution in [0, 0.1) is 5.92 Å². The Hall–Kier alpha value is -2.30. The van der Waals surface area contributed by atoms with Gasteiger partial charge in [-0.3, -0.25) is 9.59 Å². The van der Waals surface area contributed by atoms with Crippen molar-refractivity contribution in [3.05, 3.63) is 35.5 Å². The van der Waals surface area contributed by atoms with Gasteiger partial charge in [0.15, 0.2) is 0 Å². The second-order valence-electron chi connectivity index (χ2n) is 8.15. The number of carbonyl (C=O) groups is 2. The first-order valence-corrected chi connectivity index (χ1v) is 10.6. The Balaban J connectivity index is 1.61. The fourth-order valence-electron chi connectivity index (χ4n) is 4.19. The standard InChI is InChI=1S/C23H32N2O3/c1-16(2)28-23(27)15-21-19(18-10-6-7-11-20(18)25-21)12-13-24-22(26)14-17-8-4-3-5-9-17/h6-7,10-11,16-17,25H,3-5,8-9,12-15H2,1-2H3,(H,24,26). The Morgan fingerprint density at radius 3 is 2.68 bits per heavy atom. The largest absolute Gasteiger partial charge is 0.463 e. The SMILES string of the molecule is CC(C)OC(=O)Cc1[nH]c2ccccc2c1CCNC(=O)CC1CCCCC1. The summed E-state index contributed by atoms with van der Waals surface area (Å²) in [5, 5.41) is 4.18. The van der Waals surface area contributed by atoms with Crippen molar-refractivity contribution in [2.45, 2.75) is 71.3 Å². The highest BCUT2D eigenvalue weighted by Gasteiger charge is 2.18. The van der Waals surface area contributed by atoms with Gasteiger partial charge >= 0.3 is 5.97 Å². The molecule has 3 rings (SSSR count). The minimum absolute atomic E-state index is 0.126. The molecule has 0 spiro atoms. The van der Waals surface area contributed by atoms with Crippen LogP contribution in [0.2, 0.25) is 0 Å². The summed E-state index contributed by atoms with van der Waals surface area (Å²) in [4.78, 5) is 27.8. The summed E-state index contributed by atoms with van der Waals surface area (Å²) in [7, 11) is 0. The van der Waals surface area contributed by atoms with Crippen LogP contribution in [0.5, 0.6) is 0 Å². The van der Waals surface area contributed by atoms with Crippen molar-refractivity contribution in [1.82, 2.24) is 10.3 Å². The van der Waals surface area contributed by atoms with Crippen molar-refractivity contribution in [3.8, 4) is 0 Å². The van der Waals surface area contributed by atoms with Crippen LogP contribution in [0.4, 0.5) is 0 Å². The van der Waals surface area contributed by atoms with Crippen molar-refractivity contribution >= 4 is 22.8 Å². The third-order valence-corrected chi connectivity index (χ3v) is 5.49. The molecule has 0 unspecified atom stereocenters. The average molecular weight is 385 g/mol. The number of rotatable bonds is 8. The van der Waals surface area contributed by atoms with Crippen molar-refractivity contribution in [3.63, 3.8) is 0 Å². The number of amides is 1. The zero-order valence-electron chi connectivity index (χ0n) is 17.1. The minimum atomic E-state index is -0.232. The summed E-state index contributed by atoms with van der Waals surface area (Å²) in [6, 6.07) is 8.04. The molecule has 2 N–H and O–H groups in total. The Morgan fingerprint density at radius 2 is 1.93 bits per heavy atom. The second-order valence-corrected chi connectivity index (χ2v) is 8.15. The van der Waals surface area contributed by atoms with Crippen LogP contribution in [0.25, 0.3) is 10.9 Å². The zero-order chi connectivity index (χ0) is 19.9. The molecule has 1 aliphatic rings. The highest BCUT2D eigenvalue weighted by molar-refractivity contribution is 5.86. The molecule has 0 aliphatic heterocycles. The summed E-state index contributed by atoms with van der Waals surface area (Å²) in [6.07, 6.45) is 7.60. The molecule has 2 aromatic rings. The van der Waals surface area contributed by atoms with Gasteiger partial charge in [0.05, 0.1) is 12.5 Å². The topological polar surface area (TPSA) is 71.2 Å². The first kappa shape index (κ1) is 20.4. The predicted octanol–water partition coefficient (Wildman–Crippen LogP) is 4.29. The van der Waals surface area contributed by atoms with Gasteiger partial charge in [-0.05, 0) is 50.7 Å². The van der Waals surface area contributed by atoms with Gasteiger partial charge in [-0.2, -0.15) is 0 Å². The minimum Gasteiger partial charge on any atom is -0.463 e. The van der Waals surface area contributed by atoms with E-state index in [-0.39, 0.29) is 24.4 Å².